The molecular weight excluding hydrogens is 309 g/mol. The fourth-order valence-electron chi connectivity index (χ4n) is 1.38. The number of alkyl halides is 3. The molecule has 2 aromatic rings. The van der Waals surface area contributed by atoms with E-state index in [9.17, 15) is 26.7 Å². The van der Waals surface area contributed by atoms with Gasteiger partial charge < -0.3 is 0 Å². The van der Waals surface area contributed by atoms with E-state index in [1.807, 2.05) is 0 Å². The summed E-state index contributed by atoms with van der Waals surface area (Å²) in [6.45, 7) is 0. The van der Waals surface area contributed by atoms with Crippen LogP contribution in [-0.4, -0.2) is 27.0 Å². The van der Waals surface area contributed by atoms with E-state index in [0.717, 1.165) is 6.07 Å². The maximum absolute atomic E-state index is 13.5. The molecule has 0 aliphatic carbocycles. The van der Waals surface area contributed by atoms with E-state index in [1.165, 1.54) is 0 Å². The molecule has 20 heavy (non-hydrogen) atoms. The van der Waals surface area contributed by atoms with Gasteiger partial charge in [0, 0.05) is 6.07 Å². The summed E-state index contributed by atoms with van der Waals surface area (Å²) in [6.07, 6.45) is -4.58. The maximum Gasteiger partial charge on any atom is 0.456 e. The van der Waals surface area contributed by atoms with Gasteiger partial charge in [-0.25, -0.2) is 13.5 Å². The molecule has 1 aromatic heterocycles. The summed E-state index contributed by atoms with van der Waals surface area (Å²) in [7, 11) is 0. The van der Waals surface area contributed by atoms with Gasteiger partial charge in [0.1, 0.15) is 11.5 Å². The number of carbonyl (C=O) groups excluding carboxylic acids is 1. The fraction of sp³-hybridized carbons (Fsp3) is 0.100. The highest BCUT2D eigenvalue weighted by Gasteiger charge is 2.41. The van der Waals surface area contributed by atoms with E-state index in [1.54, 1.807) is 0 Å². The Labute approximate surface area is 112 Å². The van der Waals surface area contributed by atoms with Crippen LogP contribution in [0.25, 0.3) is 5.69 Å². The lowest BCUT2D eigenvalue weighted by atomic mass is 10.3. The molecule has 0 atom stereocenters. The number of ketones is 1. The summed E-state index contributed by atoms with van der Waals surface area (Å²) in [5.74, 6) is -4.36. The Morgan fingerprint density at radius 2 is 1.90 bits per heavy atom. The van der Waals surface area contributed by atoms with Crippen LogP contribution in [-0.2, 0) is 0 Å². The van der Waals surface area contributed by atoms with Gasteiger partial charge in [0.15, 0.2) is 11.5 Å². The molecule has 1 heterocycles. The van der Waals surface area contributed by atoms with Gasteiger partial charge in [-0.2, -0.15) is 13.2 Å². The van der Waals surface area contributed by atoms with Crippen molar-refractivity contribution in [1.82, 2.24) is 15.0 Å². The highest BCUT2D eigenvalue weighted by Crippen LogP contribution is 2.25. The number of benzene rings is 1. The molecule has 0 aliphatic rings. The van der Waals surface area contributed by atoms with Crippen molar-refractivity contribution in [3.8, 4) is 5.69 Å². The lowest BCUT2D eigenvalue weighted by Crippen LogP contribution is -2.23. The minimum absolute atomic E-state index is 0.432. The van der Waals surface area contributed by atoms with E-state index in [2.05, 4.69) is 10.3 Å². The quantitative estimate of drug-likeness (QED) is 0.633. The molecule has 0 bridgehead atoms. The van der Waals surface area contributed by atoms with Gasteiger partial charge in [0.05, 0.1) is 11.2 Å². The largest absolute Gasteiger partial charge is 0.456 e. The molecule has 0 saturated heterocycles. The Morgan fingerprint density at radius 1 is 1.25 bits per heavy atom. The molecule has 0 unspecified atom stereocenters. The first-order valence-electron chi connectivity index (χ1n) is 4.89. The predicted octanol–water partition coefficient (Wildman–Crippen LogP) is 2.94. The van der Waals surface area contributed by atoms with Gasteiger partial charge in [-0.3, -0.25) is 4.79 Å². The van der Waals surface area contributed by atoms with Crippen LogP contribution in [0.5, 0.6) is 0 Å². The summed E-state index contributed by atoms with van der Waals surface area (Å²) in [4.78, 5) is 10.9. The minimum Gasteiger partial charge on any atom is -0.282 e. The topological polar surface area (TPSA) is 47.8 Å². The number of rotatable bonds is 2. The molecule has 2 rings (SSSR count). The first-order valence-corrected chi connectivity index (χ1v) is 5.26. The molecule has 0 fully saturated rings. The van der Waals surface area contributed by atoms with Crippen molar-refractivity contribution in [3.05, 3.63) is 40.7 Å². The fourth-order valence-corrected chi connectivity index (χ4v) is 1.66. The van der Waals surface area contributed by atoms with Gasteiger partial charge in [-0.05, 0) is 6.07 Å². The molecule has 0 radical (unpaired) electrons. The molecule has 106 valence electrons. The molecular formula is C10H3ClF5N3O. The van der Waals surface area contributed by atoms with Gasteiger partial charge in [-0.15, -0.1) is 5.10 Å². The normalized spacial score (nSPS) is 11.7. The lowest BCUT2D eigenvalue weighted by molar-refractivity contribution is -0.0888. The number of halogens is 6. The third-order valence-electron chi connectivity index (χ3n) is 2.19. The number of nitrogens with zero attached hydrogens (tertiary/aromatic N) is 3. The number of Topliss-reactive ketones (excluding diaryl/α,β-unsaturated/α-hetero) is 1. The molecule has 0 amide bonds. The Bertz CT molecular complexity index is 659. The summed E-state index contributed by atoms with van der Waals surface area (Å²) in [6, 6.07) is 1.21. The highest BCUT2D eigenvalue weighted by molar-refractivity contribution is 6.32. The molecule has 1 aromatic carbocycles. The highest BCUT2D eigenvalue weighted by atomic mass is 35.5. The molecule has 0 aliphatic heterocycles. The second kappa shape index (κ2) is 4.82. The van der Waals surface area contributed by atoms with E-state index in [0.29, 0.717) is 16.9 Å². The zero-order valence-corrected chi connectivity index (χ0v) is 10.0. The van der Waals surface area contributed by atoms with Gasteiger partial charge in [-0.1, -0.05) is 16.8 Å². The van der Waals surface area contributed by atoms with Crippen LogP contribution in [0.4, 0.5) is 22.0 Å². The summed E-state index contributed by atoms with van der Waals surface area (Å²) in [5, 5.41) is 5.73. The van der Waals surface area contributed by atoms with Crippen LogP contribution < -0.4 is 0 Å². The molecule has 10 heteroatoms. The van der Waals surface area contributed by atoms with Crippen molar-refractivity contribution in [2.75, 3.05) is 0 Å². The number of hydrogen-bond donors (Lipinski definition) is 0. The summed E-state index contributed by atoms with van der Waals surface area (Å²) >= 11 is 5.57. The average molecular weight is 312 g/mol. The predicted molar refractivity (Wildman–Crippen MR) is 56.7 cm³/mol. The van der Waals surface area contributed by atoms with Crippen LogP contribution in [0.1, 0.15) is 10.5 Å². The zero-order valence-electron chi connectivity index (χ0n) is 9.25. The average Bonchev–Trinajstić information content (AvgIpc) is 2.74. The summed E-state index contributed by atoms with van der Waals surface area (Å²) < 4.78 is 63.4. The van der Waals surface area contributed by atoms with E-state index >= 15 is 0 Å². The van der Waals surface area contributed by atoms with Crippen LogP contribution in [0, 0.1) is 11.6 Å². The monoisotopic (exact) mass is 311 g/mol. The standard InChI is InChI=1S/C10H3ClF5N3O/c11-5-1-4(12)2-6(13)8(5)19-3-7(17-18-19)9(20)10(14,15)16/h1-3H. The Hall–Kier alpha value is -2.03. The van der Waals surface area contributed by atoms with E-state index in [4.69, 9.17) is 11.6 Å². The molecule has 0 saturated carbocycles. The van der Waals surface area contributed by atoms with Crippen molar-refractivity contribution in [2.45, 2.75) is 6.18 Å². The second-order valence-corrected chi connectivity index (χ2v) is 4.00. The maximum atomic E-state index is 13.5. The number of carbonyl (C=O) groups is 1. The van der Waals surface area contributed by atoms with Crippen molar-refractivity contribution >= 4 is 17.4 Å². The first-order chi connectivity index (χ1) is 9.20. The Kier molecular flexibility index (Phi) is 3.46. The van der Waals surface area contributed by atoms with E-state index in [-0.39, 0.29) is 0 Å². The lowest BCUT2D eigenvalue weighted by Gasteiger charge is -2.04. The first kappa shape index (κ1) is 14.4. The van der Waals surface area contributed by atoms with Crippen LogP contribution >= 0.6 is 11.6 Å². The van der Waals surface area contributed by atoms with Crippen LogP contribution in [0.15, 0.2) is 18.3 Å². The minimum atomic E-state index is -5.13. The zero-order chi connectivity index (χ0) is 15.1. The second-order valence-electron chi connectivity index (χ2n) is 3.59. The smallest absolute Gasteiger partial charge is 0.282 e. The number of hydrogen-bond acceptors (Lipinski definition) is 3. The number of aromatic nitrogens is 3. The van der Waals surface area contributed by atoms with Gasteiger partial charge in [0.25, 0.3) is 5.78 Å². The van der Waals surface area contributed by atoms with E-state index < -0.39 is 40.0 Å². The van der Waals surface area contributed by atoms with Gasteiger partial charge in [0.2, 0.25) is 0 Å². The van der Waals surface area contributed by atoms with Crippen molar-refractivity contribution in [3.63, 3.8) is 0 Å². The summed E-state index contributed by atoms with van der Waals surface area (Å²) in [5.41, 5.74) is -1.54. The molecule has 0 spiro atoms. The van der Waals surface area contributed by atoms with Crippen LogP contribution in [0.3, 0.4) is 0 Å². The van der Waals surface area contributed by atoms with Crippen molar-refractivity contribution in [2.24, 2.45) is 0 Å². The van der Waals surface area contributed by atoms with Crippen molar-refractivity contribution in [1.29, 1.82) is 0 Å². The van der Waals surface area contributed by atoms with Gasteiger partial charge >= 0.3 is 6.18 Å². The third-order valence-corrected chi connectivity index (χ3v) is 2.48. The SMILES string of the molecule is O=C(c1cn(-c2c(F)cc(F)cc2Cl)nn1)C(F)(F)F. The molecule has 4 nitrogen and oxygen atoms in total. The Balaban J connectivity index is 2.47. The third kappa shape index (κ3) is 2.62. The van der Waals surface area contributed by atoms with Crippen LogP contribution in [0.2, 0.25) is 5.02 Å². The van der Waals surface area contributed by atoms with Crippen molar-refractivity contribution < 1.29 is 26.7 Å². The Morgan fingerprint density at radius 3 is 2.45 bits per heavy atom. The molecule has 0 N–H and O–H groups in total.